The summed E-state index contributed by atoms with van der Waals surface area (Å²) in [6.07, 6.45) is 0. The van der Waals surface area contributed by atoms with E-state index in [1.165, 1.54) is 17.3 Å². The van der Waals surface area contributed by atoms with Crippen LogP contribution in [0.15, 0.2) is 58.2 Å². The van der Waals surface area contributed by atoms with E-state index in [1.807, 2.05) is 69.3 Å². The van der Waals surface area contributed by atoms with Crippen molar-refractivity contribution in [3.05, 3.63) is 59.7 Å². The highest BCUT2D eigenvalue weighted by Gasteiger charge is 2.18. The van der Waals surface area contributed by atoms with E-state index in [9.17, 15) is 4.79 Å². The normalized spacial score (nSPS) is 11.8. The van der Waals surface area contributed by atoms with Gasteiger partial charge in [-0.1, -0.05) is 41.6 Å². The predicted octanol–water partition coefficient (Wildman–Crippen LogP) is 4.24. The second kappa shape index (κ2) is 9.41. The van der Waals surface area contributed by atoms with Gasteiger partial charge in [-0.2, -0.15) is 0 Å². The first-order valence-electron chi connectivity index (χ1n) is 9.12. The summed E-state index contributed by atoms with van der Waals surface area (Å²) >= 11 is 1.24. The van der Waals surface area contributed by atoms with Gasteiger partial charge in [0.05, 0.1) is 11.9 Å². The van der Waals surface area contributed by atoms with Gasteiger partial charge >= 0.3 is 0 Å². The number of aromatic nitrogens is 2. The first kappa shape index (κ1) is 19.9. The second-order valence-corrected chi connectivity index (χ2v) is 7.59. The SMILES string of the molecule is CCOc1ccc(-c2nnc(S[C@@H](C)C(=O)NCc3ccc(C)cc3)o2)cc1. The van der Waals surface area contributed by atoms with Crippen molar-refractivity contribution in [2.75, 3.05) is 6.61 Å². The summed E-state index contributed by atoms with van der Waals surface area (Å²) < 4.78 is 11.1. The molecule has 1 N–H and O–H groups in total. The van der Waals surface area contributed by atoms with Crippen LogP contribution in [0.5, 0.6) is 5.75 Å². The number of rotatable bonds is 8. The molecule has 1 amide bonds. The molecule has 2 aromatic carbocycles. The van der Waals surface area contributed by atoms with Crippen LogP contribution in [0.2, 0.25) is 0 Å². The third-order valence-electron chi connectivity index (χ3n) is 4.05. The predicted molar refractivity (Wildman–Crippen MR) is 109 cm³/mol. The standard InChI is InChI=1S/C21H23N3O3S/c1-4-26-18-11-9-17(10-12-18)20-23-24-21(27-20)28-15(3)19(25)22-13-16-7-5-14(2)6-8-16/h5-12,15H,4,13H2,1-3H3,(H,22,25)/t15-/m0/s1. The van der Waals surface area contributed by atoms with Crippen LogP contribution in [-0.2, 0) is 11.3 Å². The van der Waals surface area contributed by atoms with E-state index in [-0.39, 0.29) is 11.2 Å². The van der Waals surface area contributed by atoms with Crippen LogP contribution in [0.1, 0.15) is 25.0 Å². The maximum atomic E-state index is 12.3. The molecule has 6 nitrogen and oxygen atoms in total. The summed E-state index contributed by atoms with van der Waals surface area (Å²) in [7, 11) is 0. The van der Waals surface area contributed by atoms with Crippen LogP contribution in [0.25, 0.3) is 11.5 Å². The third kappa shape index (κ3) is 5.36. The molecule has 0 bridgehead atoms. The van der Waals surface area contributed by atoms with Crippen molar-refractivity contribution in [2.45, 2.75) is 37.8 Å². The first-order chi connectivity index (χ1) is 13.5. The fraction of sp³-hybridized carbons (Fsp3) is 0.286. The lowest BCUT2D eigenvalue weighted by Crippen LogP contribution is -2.30. The summed E-state index contributed by atoms with van der Waals surface area (Å²) in [5, 5.41) is 11.0. The van der Waals surface area contributed by atoms with Gasteiger partial charge in [0.2, 0.25) is 11.8 Å². The molecule has 0 spiro atoms. The fourth-order valence-electron chi connectivity index (χ4n) is 2.48. The van der Waals surface area contributed by atoms with Crippen molar-refractivity contribution in [1.82, 2.24) is 15.5 Å². The molecule has 0 unspecified atom stereocenters. The minimum Gasteiger partial charge on any atom is -0.494 e. The highest BCUT2D eigenvalue weighted by molar-refractivity contribution is 8.00. The van der Waals surface area contributed by atoms with Gasteiger partial charge in [-0.3, -0.25) is 4.79 Å². The largest absolute Gasteiger partial charge is 0.494 e. The monoisotopic (exact) mass is 397 g/mol. The van der Waals surface area contributed by atoms with Crippen LogP contribution in [0.4, 0.5) is 0 Å². The summed E-state index contributed by atoms with van der Waals surface area (Å²) in [5.74, 6) is 1.13. The van der Waals surface area contributed by atoms with Gasteiger partial charge in [0.1, 0.15) is 5.75 Å². The second-order valence-electron chi connectivity index (χ2n) is 6.29. The Balaban J connectivity index is 1.54. The number of amides is 1. The number of hydrogen-bond acceptors (Lipinski definition) is 6. The molecule has 1 aromatic heterocycles. The van der Waals surface area contributed by atoms with Gasteiger partial charge in [-0.05, 0) is 50.6 Å². The van der Waals surface area contributed by atoms with Crippen LogP contribution >= 0.6 is 11.8 Å². The minimum atomic E-state index is -0.348. The van der Waals surface area contributed by atoms with E-state index in [0.29, 0.717) is 24.3 Å². The molecule has 0 saturated heterocycles. The number of benzene rings is 2. The number of thioether (sulfide) groups is 1. The zero-order valence-electron chi connectivity index (χ0n) is 16.1. The molecule has 1 heterocycles. The Bertz CT molecular complexity index is 907. The third-order valence-corrected chi connectivity index (χ3v) is 4.99. The van der Waals surface area contributed by atoms with Gasteiger partial charge in [0, 0.05) is 12.1 Å². The van der Waals surface area contributed by atoms with Crippen molar-refractivity contribution < 1.29 is 13.9 Å². The highest BCUT2D eigenvalue weighted by Crippen LogP contribution is 2.27. The number of nitrogens with one attached hydrogen (secondary N) is 1. The molecule has 0 saturated carbocycles. The lowest BCUT2D eigenvalue weighted by molar-refractivity contribution is -0.120. The van der Waals surface area contributed by atoms with Gasteiger partial charge in [0.25, 0.3) is 5.22 Å². The molecule has 0 aliphatic rings. The Morgan fingerprint density at radius 3 is 2.54 bits per heavy atom. The van der Waals surface area contributed by atoms with Gasteiger partial charge in [0.15, 0.2) is 0 Å². The highest BCUT2D eigenvalue weighted by atomic mass is 32.2. The summed E-state index contributed by atoms with van der Waals surface area (Å²) in [6, 6.07) is 15.5. The maximum absolute atomic E-state index is 12.3. The van der Waals surface area contributed by atoms with Gasteiger partial charge in [-0.25, -0.2) is 0 Å². The molecular weight excluding hydrogens is 374 g/mol. The van der Waals surface area contributed by atoms with Crippen molar-refractivity contribution in [3.63, 3.8) is 0 Å². The van der Waals surface area contributed by atoms with Crippen molar-refractivity contribution in [2.24, 2.45) is 0 Å². The topological polar surface area (TPSA) is 77.2 Å². The zero-order valence-corrected chi connectivity index (χ0v) is 17.0. The quantitative estimate of drug-likeness (QED) is 0.573. The summed E-state index contributed by atoms with van der Waals surface area (Å²) in [5.41, 5.74) is 3.06. The molecule has 0 aliphatic heterocycles. The average molecular weight is 398 g/mol. The van der Waals surface area contributed by atoms with Crippen molar-refractivity contribution in [3.8, 4) is 17.2 Å². The fourth-order valence-corrected chi connectivity index (χ4v) is 3.19. The molecular formula is C21H23N3O3S. The molecule has 0 aliphatic carbocycles. The smallest absolute Gasteiger partial charge is 0.277 e. The Labute approximate surface area is 168 Å². The summed E-state index contributed by atoms with van der Waals surface area (Å²) in [6.45, 7) is 6.90. The molecule has 146 valence electrons. The molecule has 3 rings (SSSR count). The van der Waals surface area contributed by atoms with Crippen LogP contribution in [0, 0.1) is 6.92 Å². The molecule has 28 heavy (non-hydrogen) atoms. The first-order valence-corrected chi connectivity index (χ1v) is 9.99. The lowest BCUT2D eigenvalue weighted by Gasteiger charge is -2.10. The Hall–Kier alpha value is -2.80. The van der Waals surface area contributed by atoms with E-state index in [2.05, 4.69) is 15.5 Å². The van der Waals surface area contributed by atoms with Crippen LogP contribution in [-0.4, -0.2) is 28.0 Å². The number of nitrogens with zero attached hydrogens (tertiary/aromatic N) is 2. The molecule has 7 heteroatoms. The van der Waals surface area contributed by atoms with Gasteiger partial charge < -0.3 is 14.5 Å². The van der Waals surface area contributed by atoms with Gasteiger partial charge in [-0.15, -0.1) is 10.2 Å². The minimum absolute atomic E-state index is 0.0774. The van der Waals surface area contributed by atoms with E-state index in [0.717, 1.165) is 16.9 Å². The van der Waals surface area contributed by atoms with E-state index in [4.69, 9.17) is 9.15 Å². The van der Waals surface area contributed by atoms with Crippen molar-refractivity contribution in [1.29, 1.82) is 0 Å². The van der Waals surface area contributed by atoms with E-state index >= 15 is 0 Å². The van der Waals surface area contributed by atoms with E-state index < -0.39 is 0 Å². The molecule has 0 radical (unpaired) electrons. The molecule has 1 atom stereocenters. The summed E-state index contributed by atoms with van der Waals surface area (Å²) in [4.78, 5) is 12.3. The average Bonchev–Trinajstić information content (AvgIpc) is 3.16. The Morgan fingerprint density at radius 1 is 1.14 bits per heavy atom. The van der Waals surface area contributed by atoms with Crippen molar-refractivity contribution >= 4 is 17.7 Å². The zero-order chi connectivity index (χ0) is 19.9. The number of hydrogen-bond donors (Lipinski definition) is 1. The number of carbonyl (C=O) groups excluding carboxylic acids is 1. The van der Waals surface area contributed by atoms with Crippen LogP contribution in [0.3, 0.4) is 0 Å². The Kier molecular flexibility index (Phi) is 6.71. The number of ether oxygens (including phenoxy) is 1. The Morgan fingerprint density at radius 2 is 1.86 bits per heavy atom. The number of carbonyl (C=O) groups is 1. The maximum Gasteiger partial charge on any atom is 0.277 e. The lowest BCUT2D eigenvalue weighted by atomic mass is 10.1. The molecule has 3 aromatic rings. The van der Waals surface area contributed by atoms with Crippen LogP contribution < -0.4 is 10.1 Å². The van der Waals surface area contributed by atoms with E-state index in [1.54, 1.807) is 0 Å². The number of aryl methyl sites for hydroxylation is 1. The molecule has 0 fully saturated rings.